The topological polar surface area (TPSA) is 29.1 Å². The Morgan fingerprint density at radius 1 is 1.78 bits per heavy atom. The van der Waals surface area contributed by atoms with Gasteiger partial charge in [0.1, 0.15) is 0 Å². The molecule has 0 aliphatic rings. The highest BCUT2D eigenvalue weighted by atomic mass is 32.2. The van der Waals surface area contributed by atoms with Crippen molar-refractivity contribution in [2.75, 3.05) is 18.1 Å². The minimum Gasteiger partial charge on any atom is -0.356 e. The van der Waals surface area contributed by atoms with Crippen molar-refractivity contribution < 1.29 is 6.22 Å². The molecule has 1 N–H and O–H groups in total. The largest absolute Gasteiger partial charge is 0.356 e. The summed E-state index contributed by atoms with van der Waals surface area (Å²) in [6.45, 7) is 4.45. The molecule has 1 amide bonds. The molecule has 0 rings (SSSR count). The molecule has 0 aromatic heterocycles. The first-order valence-electron chi connectivity index (χ1n) is 3.09. The van der Waals surface area contributed by atoms with Crippen LogP contribution in [0, 0.1) is 0 Å². The zero-order valence-electron chi connectivity index (χ0n) is 5.94. The molecule has 0 aromatic carbocycles. The Balaban J connectivity index is 0. The Bertz CT molecular complexity index is 89.8. The third kappa shape index (κ3) is 7.82. The van der Waals surface area contributed by atoms with Crippen molar-refractivity contribution in [2.24, 2.45) is 0 Å². The average Bonchev–Trinajstić information content (AvgIpc) is 1.80. The quantitative estimate of drug-likeness (QED) is 0.607. The smallest absolute Gasteiger partial charge is 0.216 e. The molecule has 0 bridgehead atoms. The lowest BCUT2D eigenvalue weighted by atomic mass is 10.6. The van der Waals surface area contributed by atoms with Crippen LogP contribution in [0.3, 0.4) is 0 Å². The van der Waals surface area contributed by atoms with Gasteiger partial charge in [0.15, 0.2) is 0 Å². The number of hydrogen-bond acceptors (Lipinski definition) is 2. The molecule has 3 heteroatoms. The maximum absolute atomic E-state index is 10.3. The molecule has 56 valence electrons. The van der Waals surface area contributed by atoms with Crippen LogP contribution in [-0.2, 0) is 4.79 Å². The fourth-order valence-corrected chi connectivity index (χ4v) is 0.979. The maximum Gasteiger partial charge on any atom is 0.216 e. The number of amides is 1. The summed E-state index contributed by atoms with van der Waals surface area (Å²) < 4.78 is 0. The summed E-state index contributed by atoms with van der Waals surface area (Å²) in [7, 11) is 0. The summed E-state index contributed by atoms with van der Waals surface area (Å²) in [5, 5.41) is 2.72. The highest BCUT2D eigenvalue weighted by Crippen LogP contribution is 1.94. The summed E-state index contributed by atoms with van der Waals surface area (Å²) in [4.78, 5) is 10.3. The van der Waals surface area contributed by atoms with Gasteiger partial charge in [-0.1, -0.05) is 6.92 Å². The lowest BCUT2D eigenvalue weighted by molar-refractivity contribution is -0.118. The summed E-state index contributed by atoms with van der Waals surface area (Å²) in [6, 6.07) is 0. The van der Waals surface area contributed by atoms with Gasteiger partial charge in [-0.3, -0.25) is 4.79 Å². The molecule has 0 radical (unpaired) electrons. The van der Waals surface area contributed by atoms with Crippen LogP contribution in [0.25, 0.3) is 0 Å². The van der Waals surface area contributed by atoms with Crippen LogP contribution in [0.2, 0.25) is 0 Å². The van der Waals surface area contributed by atoms with E-state index in [1.54, 1.807) is 0 Å². The van der Waals surface area contributed by atoms with Crippen LogP contribution in [0.15, 0.2) is 0 Å². The third-order valence-corrected chi connectivity index (χ3v) is 1.73. The van der Waals surface area contributed by atoms with Crippen molar-refractivity contribution in [3.05, 3.63) is 0 Å². The minimum absolute atomic E-state index is 0. The number of carbonyl (C=O) groups is 1. The SMILES string of the molecule is CCSCCNC(C)=O.[HH]. The molecule has 0 aliphatic carbocycles. The van der Waals surface area contributed by atoms with E-state index >= 15 is 0 Å². The van der Waals surface area contributed by atoms with Gasteiger partial charge in [0.2, 0.25) is 5.91 Å². The second-order valence-corrected chi connectivity index (χ2v) is 3.07. The monoisotopic (exact) mass is 149 g/mol. The van der Waals surface area contributed by atoms with Crippen molar-refractivity contribution in [3.8, 4) is 0 Å². The normalized spacial score (nSPS) is 9.11. The van der Waals surface area contributed by atoms with E-state index in [1.165, 1.54) is 6.92 Å². The van der Waals surface area contributed by atoms with Gasteiger partial charge in [-0.25, -0.2) is 0 Å². The molecule has 9 heavy (non-hydrogen) atoms. The van der Waals surface area contributed by atoms with E-state index in [9.17, 15) is 4.79 Å². The van der Waals surface area contributed by atoms with Gasteiger partial charge in [-0.15, -0.1) is 0 Å². The van der Waals surface area contributed by atoms with Crippen LogP contribution in [0.5, 0.6) is 0 Å². The lowest BCUT2D eigenvalue weighted by Crippen LogP contribution is -2.22. The van der Waals surface area contributed by atoms with Gasteiger partial charge in [0, 0.05) is 20.6 Å². The molecule has 0 fully saturated rings. The molecule has 0 unspecified atom stereocenters. The standard InChI is InChI=1S/C6H13NOS.H2/c1-3-9-5-4-7-6(2)8;/h3-5H2,1-2H3,(H,7,8);1H. The van der Waals surface area contributed by atoms with E-state index in [0.717, 1.165) is 18.1 Å². The second-order valence-electron chi connectivity index (χ2n) is 1.68. The summed E-state index contributed by atoms with van der Waals surface area (Å²) >= 11 is 1.84. The van der Waals surface area contributed by atoms with E-state index in [4.69, 9.17) is 0 Å². The zero-order chi connectivity index (χ0) is 7.11. The number of rotatable bonds is 4. The van der Waals surface area contributed by atoms with E-state index in [2.05, 4.69) is 12.2 Å². The Labute approximate surface area is 61.9 Å². The van der Waals surface area contributed by atoms with E-state index in [-0.39, 0.29) is 7.33 Å². The molecule has 2 nitrogen and oxygen atoms in total. The van der Waals surface area contributed by atoms with E-state index < -0.39 is 0 Å². The number of carbonyl (C=O) groups excluding carboxylic acids is 1. The maximum atomic E-state index is 10.3. The van der Waals surface area contributed by atoms with E-state index in [1.807, 2.05) is 11.8 Å². The highest BCUT2D eigenvalue weighted by molar-refractivity contribution is 7.99. The summed E-state index contributed by atoms with van der Waals surface area (Å²) in [5.41, 5.74) is 0. The number of hydrogen-bond donors (Lipinski definition) is 1. The molecule has 0 aliphatic heterocycles. The van der Waals surface area contributed by atoms with Crippen LogP contribution < -0.4 is 5.32 Å². The van der Waals surface area contributed by atoms with Gasteiger partial charge in [-0.05, 0) is 5.75 Å². The first-order chi connectivity index (χ1) is 4.27. The molecule has 0 atom stereocenters. The lowest BCUT2D eigenvalue weighted by Gasteiger charge is -1.98. The highest BCUT2D eigenvalue weighted by Gasteiger charge is 1.87. The van der Waals surface area contributed by atoms with Crippen molar-refractivity contribution in [1.29, 1.82) is 0 Å². The van der Waals surface area contributed by atoms with Gasteiger partial charge >= 0.3 is 0 Å². The number of nitrogens with one attached hydrogen (secondary N) is 1. The van der Waals surface area contributed by atoms with Crippen molar-refractivity contribution in [3.63, 3.8) is 0 Å². The van der Waals surface area contributed by atoms with Crippen molar-refractivity contribution >= 4 is 17.7 Å². The van der Waals surface area contributed by atoms with Crippen molar-refractivity contribution in [2.45, 2.75) is 13.8 Å². The summed E-state index contributed by atoms with van der Waals surface area (Å²) in [6.07, 6.45) is 0. The second kappa shape index (κ2) is 5.95. The van der Waals surface area contributed by atoms with Gasteiger partial charge in [-0.2, -0.15) is 11.8 Å². The van der Waals surface area contributed by atoms with Gasteiger partial charge < -0.3 is 5.32 Å². The Morgan fingerprint density at radius 3 is 2.89 bits per heavy atom. The summed E-state index contributed by atoms with van der Waals surface area (Å²) in [5.74, 6) is 2.21. The zero-order valence-corrected chi connectivity index (χ0v) is 6.75. The van der Waals surface area contributed by atoms with Crippen LogP contribution >= 0.6 is 11.8 Å². The van der Waals surface area contributed by atoms with Crippen molar-refractivity contribution in [1.82, 2.24) is 5.32 Å². The Hall–Kier alpha value is -0.180. The molecule has 0 heterocycles. The minimum atomic E-state index is 0. The predicted molar refractivity (Wildman–Crippen MR) is 43.8 cm³/mol. The fourth-order valence-electron chi connectivity index (χ4n) is 0.444. The van der Waals surface area contributed by atoms with Crippen LogP contribution in [-0.4, -0.2) is 24.0 Å². The molecule has 0 spiro atoms. The van der Waals surface area contributed by atoms with Gasteiger partial charge in [0.25, 0.3) is 0 Å². The van der Waals surface area contributed by atoms with Gasteiger partial charge in [0.05, 0.1) is 0 Å². The molecular formula is C6H15NOS. The molecule has 0 saturated heterocycles. The predicted octanol–water partition coefficient (Wildman–Crippen LogP) is 1.12. The van der Waals surface area contributed by atoms with Crippen LogP contribution in [0.4, 0.5) is 0 Å². The Morgan fingerprint density at radius 2 is 2.44 bits per heavy atom. The fraction of sp³-hybridized carbons (Fsp3) is 0.833. The molecular weight excluding hydrogens is 134 g/mol. The first kappa shape index (κ1) is 8.82. The third-order valence-electron chi connectivity index (χ3n) is 0.824. The Kier molecular flexibility index (Phi) is 5.83. The molecule has 0 aromatic rings. The first-order valence-corrected chi connectivity index (χ1v) is 4.25. The van der Waals surface area contributed by atoms with Crippen LogP contribution in [0.1, 0.15) is 15.3 Å². The average molecular weight is 149 g/mol. The molecule has 0 saturated carbocycles. The van der Waals surface area contributed by atoms with E-state index in [0.29, 0.717) is 0 Å². The number of thioether (sulfide) groups is 1.